The van der Waals surface area contributed by atoms with Crippen LogP contribution in [0.5, 0.6) is 11.5 Å². The molecule has 0 bridgehead atoms. The topological polar surface area (TPSA) is 58.1 Å². The van der Waals surface area contributed by atoms with Crippen LogP contribution in [0.2, 0.25) is 0 Å². The van der Waals surface area contributed by atoms with Crippen LogP contribution in [-0.2, 0) is 0 Å². The second-order valence-corrected chi connectivity index (χ2v) is 8.23. The number of nitrogens with one attached hydrogen (secondary N) is 1. The summed E-state index contributed by atoms with van der Waals surface area (Å²) in [6.45, 7) is 6.92. The molecule has 144 valence electrons. The van der Waals surface area contributed by atoms with Gasteiger partial charge < -0.3 is 20.5 Å². The number of benzene rings is 2. The SMILES string of the molecule is CCOc1cccc(C2C=C(c3ccc(Br)cc3)NC(CC(C)C)[NH2+]2)c1O. The Morgan fingerprint density at radius 2 is 1.93 bits per heavy atom. The first kappa shape index (κ1) is 19.8. The molecule has 5 heteroatoms. The summed E-state index contributed by atoms with van der Waals surface area (Å²) < 4.78 is 6.64. The van der Waals surface area contributed by atoms with E-state index in [2.05, 4.69) is 70.8 Å². The summed E-state index contributed by atoms with van der Waals surface area (Å²) in [7, 11) is 0. The van der Waals surface area contributed by atoms with E-state index in [0.29, 0.717) is 18.3 Å². The lowest BCUT2D eigenvalue weighted by Crippen LogP contribution is -2.95. The zero-order valence-corrected chi connectivity index (χ0v) is 17.7. The molecule has 0 spiro atoms. The number of hydrogen-bond donors (Lipinski definition) is 3. The van der Waals surface area contributed by atoms with E-state index in [9.17, 15) is 5.11 Å². The first-order chi connectivity index (χ1) is 13.0. The molecule has 0 aromatic heterocycles. The van der Waals surface area contributed by atoms with Crippen LogP contribution in [0.1, 0.15) is 44.4 Å². The molecule has 1 aliphatic heterocycles. The highest BCUT2D eigenvalue weighted by atomic mass is 79.9. The van der Waals surface area contributed by atoms with Gasteiger partial charge in [-0.1, -0.05) is 48.0 Å². The Labute approximate surface area is 169 Å². The van der Waals surface area contributed by atoms with Gasteiger partial charge in [-0.15, -0.1) is 0 Å². The smallest absolute Gasteiger partial charge is 0.167 e. The molecule has 4 nitrogen and oxygen atoms in total. The molecule has 2 aromatic carbocycles. The normalized spacial score (nSPS) is 19.5. The van der Waals surface area contributed by atoms with Crippen molar-refractivity contribution in [2.75, 3.05) is 6.61 Å². The third-order valence-corrected chi connectivity index (χ3v) is 5.23. The zero-order chi connectivity index (χ0) is 19.4. The van der Waals surface area contributed by atoms with Gasteiger partial charge in [0.2, 0.25) is 0 Å². The van der Waals surface area contributed by atoms with Crippen molar-refractivity contribution in [3.63, 3.8) is 0 Å². The molecule has 4 N–H and O–H groups in total. The second kappa shape index (κ2) is 8.81. The first-order valence-electron chi connectivity index (χ1n) is 9.52. The van der Waals surface area contributed by atoms with Gasteiger partial charge in [0.05, 0.1) is 12.2 Å². The average Bonchev–Trinajstić information content (AvgIpc) is 2.63. The van der Waals surface area contributed by atoms with Crippen molar-refractivity contribution in [2.45, 2.75) is 39.4 Å². The van der Waals surface area contributed by atoms with Crippen LogP contribution >= 0.6 is 15.9 Å². The average molecular weight is 432 g/mol. The maximum atomic E-state index is 10.7. The van der Waals surface area contributed by atoms with Crippen LogP contribution in [0.4, 0.5) is 0 Å². The third-order valence-electron chi connectivity index (χ3n) is 4.70. The Morgan fingerprint density at radius 1 is 1.19 bits per heavy atom. The molecule has 0 aliphatic carbocycles. The first-order valence-corrected chi connectivity index (χ1v) is 10.3. The summed E-state index contributed by atoms with van der Waals surface area (Å²) in [6, 6.07) is 14.1. The van der Waals surface area contributed by atoms with Crippen LogP contribution in [0.3, 0.4) is 0 Å². The number of aromatic hydroxyl groups is 1. The monoisotopic (exact) mass is 431 g/mol. The molecule has 2 atom stereocenters. The number of phenolic OH excluding ortho intramolecular Hbond substituents is 1. The molecule has 27 heavy (non-hydrogen) atoms. The van der Waals surface area contributed by atoms with Crippen molar-refractivity contribution in [3.05, 3.63) is 64.1 Å². The minimum atomic E-state index is 0.0223. The van der Waals surface area contributed by atoms with Crippen molar-refractivity contribution in [3.8, 4) is 11.5 Å². The predicted molar refractivity (Wildman–Crippen MR) is 112 cm³/mol. The molecule has 1 heterocycles. The summed E-state index contributed by atoms with van der Waals surface area (Å²) in [6.07, 6.45) is 3.47. The summed E-state index contributed by atoms with van der Waals surface area (Å²) in [4.78, 5) is 0. The van der Waals surface area contributed by atoms with Crippen molar-refractivity contribution < 1.29 is 15.2 Å². The molecule has 3 rings (SSSR count). The van der Waals surface area contributed by atoms with Crippen molar-refractivity contribution >= 4 is 21.6 Å². The Hall–Kier alpha value is -1.98. The van der Waals surface area contributed by atoms with Gasteiger partial charge in [0, 0.05) is 22.7 Å². The van der Waals surface area contributed by atoms with E-state index in [0.717, 1.165) is 27.7 Å². The molecule has 0 amide bonds. The summed E-state index contributed by atoms with van der Waals surface area (Å²) >= 11 is 3.50. The van der Waals surface area contributed by atoms with Crippen molar-refractivity contribution in [1.82, 2.24) is 5.32 Å². The van der Waals surface area contributed by atoms with Crippen LogP contribution in [0, 0.1) is 5.92 Å². The zero-order valence-electron chi connectivity index (χ0n) is 16.1. The lowest BCUT2D eigenvalue weighted by Gasteiger charge is -2.31. The number of ether oxygens (including phenoxy) is 1. The fourth-order valence-corrected chi connectivity index (χ4v) is 3.77. The Bertz CT molecular complexity index is 802. The van der Waals surface area contributed by atoms with E-state index < -0.39 is 0 Å². The molecule has 2 aromatic rings. The van der Waals surface area contributed by atoms with Gasteiger partial charge >= 0.3 is 0 Å². The lowest BCUT2D eigenvalue weighted by atomic mass is 9.97. The molecule has 0 radical (unpaired) electrons. The van der Waals surface area contributed by atoms with Gasteiger partial charge in [-0.3, -0.25) is 0 Å². The van der Waals surface area contributed by atoms with Crippen molar-refractivity contribution in [1.29, 1.82) is 0 Å². The van der Waals surface area contributed by atoms with E-state index in [1.165, 1.54) is 0 Å². The van der Waals surface area contributed by atoms with Gasteiger partial charge in [0.1, 0.15) is 6.04 Å². The molecular weight excluding hydrogens is 404 g/mol. The summed E-state index contributed by atoms with van der Waals surface area (Å²) in [5.41, 5.74) is 3.12. The lowest BCUT2D eigenvalue weighted by molar-refractivity contribution is -0.725. The van der Waals surface area contributed by atoms with E-state index in [1.54, 1.807) is 0 Å². The number of hydrogen-bond acceptors (Lipinski definition) is 3. The highest BCUT2D eigenvalue weighted by Crippen LogP contribution is 2.34. The number of rotatable bonds is 6. The minimum absolute atomic E-state index is 0.0223. The number of quaternary nitrogens is 1. The second-order valence-electron chi connectivity index (χ2n) is 7.31. The number of phenols is 1. The number of nitrogens with two attached hydrogens (primary N) is 1. The number of para-hydroxylation sites is 1. The summed E-state index contributed by atoms with van der Waals surface area (Å²) in [5.74, 6) is 1.35. The predicted octanol–water partition coefficient (Wildman–Crippen LogP) is 4.17. The van der Waals surface area contributed by atoms with Gasteiger partial charge in [-0.05, 0) is 42.7 Å². The van der Waals surface area contributed by atoms with E-state index in [4.69, 9.17) is 4.74 Å². The van der Waals surface area contributed by atoms with Crippen molar-refractivity contribution in [2.24, 2.45) is 5.92 Å². The van der Waals surface area contributed by atoms with E-state index in [1.807, 2.05) is 25.1 Å². The maximum absolute atomic E-state index is 10.7. The highest BCUT2D eigenvalue weighted by Gasteiger charge is 2.29. The fourth-order valence-electron chi connectivity index (χ4n) is 3.51. The standard InChI is InChI=1S/C22H27BrN2O2/c1-4-27-20-7-5-6-17(22(20)26)19-13-18(15-8-10-16(23)11-9-15)24-21(25-19)12-14(2)3/h5-11,13-14,19,21,24-26H,4,12H2,1-3H3/p+1. The molecule has 1 aliphatic rings. The fraction of sp³-hybridized carbons (Fsp3) is 0.364. The van der Waals surface area contributed by atoms with Gasteiger partial charge in [-0.25, -0.2) is 0 Å². The van der Waals surface area contributed by atoms with Crippen LogP contribution in [0.25, 0.3) is 5.70 Å². The van der Waals surface area contributed by atoms with Gasteiger partial charge in [-0.2, -0.15) is 0 Å². The van der Waals surface area contributed by atoms with Crippen LogP contribution in [-0.4, -0.2) is 17.9 Å². The molecule has 0 fully saturated rings. The van der Waals surface area contributed by atoms with Gasteiger partial charge in [0.25, 0.3) is 0 Å². The quantitative estimate of drug-likeness (QED) is 0.642. The van der Waals surface area contributed by atoms with E-state index >= 15 is 0 Å². The Morgan fingerprint density at radius 3 is 2.59 bits per heavy atom. The third kappa shape index (κ3) is 4.85. The number of halogens is 1. The summed E-state index contributed by atoms with van der Waals surface area (Å²) in [5, 5.41) is 16.7. The molecular formula is C22H28BrN2O2+. The molecule has 0 saturated carbocycles. The largest absolute Gasteiger partial charge is 0.504 e. The van der Waals surface area contributed by atoms with Crippen LogP contribution in [0.15, 0.2) is 53.0 Å². The Balaban J connectivity index is 1.98. The Kier molecular flexibility index (Phi) is 6.45. The van der Waals surface area contributed by atoms with Gasteiger partial charge in [0.15, 0.2) is 17.7 Å². The molecule has 0 saturated heterocycles. The van der Waals surface area contributed by atoms with E-state index in [-0.39, 0.29) is 18.0 Å². The van der Waals surface area contributed by atoms with Crippen LogP contribution < -0.4 is 15.4 Å². The molecule has 2 unspecified atom stereocenters. The highest BCUT2D eigenvalue weighted by molar-refractivity contribution is 9.10. The maximum Gasteiger partial charge on any atom is 0.167 e. The minimum Gasteiger partial charge on any atom is -0.504 e.